The predicted molar refractivity (Wildman–Crippen MR) is 102 cm³/mol. The number of aromatic nitrogens is 2. The van der Waals surface area contributed by atoms with Crippen LogP contribution in [0.1, 0.15) is 30.7 Å². The van der Waals surface area contributed by atoms with Crippen molar-refractivity contribution in [3.8, 4) is 17.1 Å². The Balaban J connectivity index is 1.59. The third-order valence-electron chi connectivity index (χ3n) is 4.87. The van der Waals surface area contributed by atoms with E-state index in [2.05, 4.69) is 10.1 Å². The van der Waals surface area contributed by atoms with Gasteiger partial charge in [-0.2, -0.15) is 4.98 Å². The van der Waals surface area contributed by atoms with Crippen molar-refractivity contribution in [2.75, 3.05) is 18.1 Å². The van der Waals surface area contributed by atoms with E-state index in [1.165, 1.54) is 6.07 Å². The van der Waals surface area contributed by atoms with Gasteiger partial charge in [0.1, 0.15) is 11.6 Å². The summed E-state index contributed by atoms with van der Waals surface area (Å²) in [5.41, 5.74) is 1.77. The molecule has 1 unspecified atom stereocenters. The third-order valence-corrected chi connectivity index (χ3v) is 4.87. The highest BCUT2D eigenvalue weighted by atomic mass is 19.1. The van der Waals surface area contributed by atoms with E-state index in [-0.39, 0.29) is 24.1 Å². The zero-order valence-corrected chi connectivity index (χ0v) is 15.7. The van der Waals surface area contributed by atoms with Crippen molar-refractivity contribution >= 4 is 11.6 Å². The van der Waals surface area contributed by atoms with Crippen LogP contribution in [0.25, 0.3) is 11.4 Å². The molecule has 7 heteroatoms. The van der Waals surface area contributed by atoms with Crippen LogP contribution in [0.15, 0.2) is 47.0 Å². The van der Waals surface area contributed by atoms with Gasteiger partial charge in [-0.05, 0) is 38.1 Å². The normalized spacial score (nSPS) is 16.6. The summed E-state index contributed by atoms with van der Waals surface area (Å²) in [5.74, 6) is 0.833. The average molecular weight is 381 g/mol. The smallest absolute Gasteiger partial charge is 0.232 e. The maximum absolute atomic E-state index is 13.9. The minimum absolute atomic E-state index is 0.0897. The Morgan fingerprint density at radius 3 is 2.89 bits per heavy atom. The highest BCUT2D eigenvalue weighted by Crippen LogP contribution is 2.35. The Bertz CT molecular complexity index is 1020. The van der Waals surface area contributed by atoms with E-state index in [0.29, 0.717) is 41.9 Å². The second kappa shape index (κ2) is 7.42. The van der Waals surface area contributed by atoms with Gasteiger partial charge in [0.05, 0.1) is 18.1 Å². The van der Waals surface area contributed by atoms with Crippen molar-refractivity contribution < 1.29 is 18.4 Å². The van der Waals surface area contributed by atoms with Crippen molar-refractivity contribution in [2.24, 2.45) is 0 Å². The number of carbonyl (C=O) groups is 1. The van der Waals surface area contributed by atoms with E-state index >= 15 is 0 Å². The van der Waals surface area contributed by atoms with E-state index in [1.54, 1.807) is 24.0 Å². The Labute approximate surface area is 161 Å². The van der Waals surface area contributed by atoms with Crippen molar-refractivity contribution in [3.63, 3.8) is 0 Å². The first-order valence-corrected chi connectivity index (χ1v) is 9.19. The summed E-state index contributed by atoms with van der Waals surface area (Å²) in [6.07, 6.45) is 0.241. The van der Waals surface area contributed by atoms with E-state index in [9.17, 15) is 9.18 Å². The fourth-order valence-corrected chi connectivity index (χ4v) is 3.44. The summed E-state index contributed by atoms with van der Waals surface area (Å²) in [6, 6.07) is 12.2. The molecule has 1 saturated heterocycles. The first-order valence-electron chi connectivity index (χ1n) is 9.19. The molecule has 0 aliphatic carbocycles. The quantitative estimate of drug-likeness (QED) is 0.665. The Kier molecular flexibility index (Phi) is 4.81. The zero-order valence-electron chi connectivity index (χ0n) is 15.7. The van der Waals surface area contributed by atoms with Crippen LogP contribution in [0.5, 0.6) is 5.75 Å². The lowest BCUT2D eigenvalue weighted by molar-refractivity contribution is -0.117. The maximum atomic E-state index is 13.9. The molecule has 0 bridgehead atoms. The van der Waals surface area contributed by atoms with Gasteiger partial charge >= 0.3 is 0 Å². The van der Waals surface area contributed by atoms with Crippen molar-refractivity contribution in [1.82, 2.24) is 10.1 Å². The van der Waals surface area contributed by atoms with Crippen LogP contribution in [0.2, 0.25) is 0 Å². The van der Waals surface area contributed by atoms with Crippen LogP contribution < -0.4 is 9.64 Å². The third kappa shape index (κ3) is 3.24. The van der Waals surface area contributed by atoms with Gasteiger partial charge in [0.25, 0.3) is 0 Å². The molecule has 1 fully saturated rings. The summed E-state index contributed by atoms with van der Waals surface area (Å²) in [4.78, 5) is 18.6. The zero-order chi connectivity index (χ0) is 19.7. The van der Waals surface area contributed by atoms with Crippen LogP contribution in [-0.2, 0) is 4.79 Å². The number of rotatable bonds is 5. The van der Waals surface area contributed by atoms with Crippen LogP contribution in [0.4, 0.5) is 10.1 Å². The Hall–Kier alpha value is -3.22. The molecule has 0 N–H and O–H groups in total. The topological polar surface area (TPSA) is 68.5 Å². The van der Waals surface area contributed by atoms with E-state index in [1.807, 2.05) is 31.2 Å². The molecule has 2 aromatic carbocycles. The number of carbonyl (C=O) groups excluding carboxylic acids is 1. The number of nitrogens with zero attached hydrogens (tertiary/aromatic N) is 3. The van der Waals surface area contributed by atoms with E-state index in [0.717, 1.165) is 5.56 Å². The monoisotopic (exact) mass is 381 g/mol. The summed E-state index contributed by atoms with van der Waals surface area (Å²) in [5, 5.41) is 4.07. The van der Waals surface area contributed by atoms with Gasteiger partial charge in [-0.1, -0.05) is 23.4 Å². The molecule has 1 amide bonds. The number of hydrogen-bond acceptors (Lipinski definition) is 5. The average Bonchev–Trinajstić information content (AvgIpc) is 3.32. The number of halogens is 1. The van der Waals surface area contributed by atoms with Gasteiger partial charge in [-0.25, -0.2) is 4.39 Å². The highest BCUT2D eigenvalue weighted by molar-refractivity contribution is 5.97. The molecule has 0 spiro atoms. The lowest BCUT2D eigenvalue weighted by Gasteiger charge is -2.18. The van der Waals surface area contributed by atoms with Gasteiger partial charge in [0, 0.05) is 24.2 Å². The van der Waals surface area contributed by atoms with Gasteiger partial charge < -0.3 is 14.2 Å². The molecule has 144 valence electrons. The standard InChI is InChI=1S/C21H20FN3O3/c1-3-27-18-10-5-4-7-15(18)20-23-21(28-24-20)14-11-19(26)25(12-14)17-9-6-8-16(22)13(17)2/h4-10,14H,3,11-12H2,1-2H3. The number of ether oxygens (including phenoxy) is 1. The van der Waals surface area contributed by atoms with Gasteiger partial charge in [-0.3, -0.25) is 4.79 Å². The Morgan fingerprint density at radius 2 is 2.07 bits per heavy atom. The van der Waals surface area contributed by atoms with E-state index in [4.69, 9.17) is 9.26 Å². The molecule has 1 aromatic heterocycles. The summed E-state index contributed by atoms with van der Waals surface area (Å²) >= 11 is 0. The number of para-hydroxylation sites is 1. The molecule has 1 atom stereocenters. The molecule has 28 heavy (non-hydrogen) atoms. The second-order valence-electron chi connectivity index (χ2n) is 6.67. The van der Waals surface area contributed by atoms with Crippen molar-refractivity contribution in [1.29, 1.82) is 0 Å². The fraction of sp³-hybridized carbons (Fsp3) is 0.286. The lowest BCUT2D eigenvalue weighted by atomic mass is 10.1. The molecule has 2 heterocycles. The minimum Gasteiger partial charge on any atom is -0.493 e. The van der Waals surface area contributed by atoms with Gasteiger partial charge in [0.15, 0.2) is 0 Å². The molecule has 3 aromatic rings. The number of anilines is 1. The number of amides is 1. The van der Waals surface area contributed by atoms with Gasteiger partial charge in [0.2, 0.25) is 17.6 Å². The van der Waals surface area contributed by atoms with Crippen LogP contribution in [-0.4, -0.2) is 29.2 Å². The molecule has 0 radical (unpaired) electrons. The first-order chi connectivity index (χ1) is 13.6. The lowest BCUT2D eigenvalue weighted by Crippen LogP contribution is -2.25. The van der Waals surface area contributed by atoms with Crippen LogP contribution in [0.3, 0.4) is 0 Å². The Morgan fingerprint density at radius 1 is 1.25 bits per heavy atom. The second-order valence-corrected chi connectivity index (χ2v) is 6.67. The highest BCUT2D eigenvalue weighted by Gasteiger charge is 2.36. The largest absolute Gasteiger partial charge is 0.493 e. The summed E-state index contributed by atoms with van der Waals surface area (Å²) < 4.78 is 25.0. The van der Waals surface area contributed by atoms with Crippen molar-refractivity contribution in [3.05, 3.63) is 59.7 Å². The molecule has 6 nitrogen and oxygen atoms in total. The van der Waals surface area contributed by atoms with Gasteiger partial charge in [-0.15, -0.1) is 0 Å². The molecule has 0 saturated carbocycles. The maximum Gasteiger partial charge on any atom is 0.232 e. The number of benzene rings is 2. The molecular formula is C21H20FN3O3. The molecular weight excluding hydrogens is 361 g/mol. The fourth-order valence-electron chi connectivity index (χ4n) is 3.44. The SMILES string of the molecule is CCOc1ccccc1-c1noc(C2CC(=O)N(c3cccc(F)c3C)C2)n1. The minimum atomic E-state index is -0.332. The summed E-state index contributed by atoms with van der Waals surface area (Å²) in [7, 11) is 0. The molecule has 1 aliphatic rings. The van der Waals surface area contributed by atoms with Crippen molar-refractivity contribution in [2.45, 2.75) is 26.2 Å². The molecule has 1 aliphatic heterocycles. The predicted octanol–water partition coefficient (Wildman–Crippen LogP) is 4.10. The van der Waals surface area contributed by atoms with Crippen LogP contribution in [0, 0.1) is 12.7 Å². The van der Waals surface area contributed by atoms with E-state index < -0.39 is 0 Å². The molecule has 4 rings (SSSR count). The number of hydrogen-bond donors (Lipinski definition) is 0. The van der Waals surface area contributed by atoms with Crippen LogP contribution >= 0.6 is 0 Å². The summed E-state index contributed by atoms with van der Waals surface area (Å²) in [6.45, 7) is 4.48. The first kappa shape index (κ1) is 18.2.